The molecule has 0 spiro atoms. The highest BCUT2D eigenvalue weighted by atomic mass is 35.5. The molecule has 2 aliphatic heterocycles. The molecule has 2 fully saturated rings. The van der Waals surface area contributed by atoms with Gasteiger partial charge in [0.2, 0.25) is 5.95 Å². The lowest BCUT2D eigenvalue weighted by atomic mass is 9.84. The lowest BCUT2D eigenvalue weighted by Crippen LogP contribution is -2.42. The zero-order valence-corrected chi connectivity index (χ0v) is 24.0. The second-order valence-corrected chi connectivity index (χ2v) is 11.7. The van der Waals surface area contributed by atoms with Gasteiger partial charge in [-0.15, -0.1) is 5.10 Å². The Hall–Kier alpha value is -3.66. The Morgan fingerprint density at radius 3 is 2.56 bits per heavy atom. The second kappa shape index (κ2) is 11.7. The van der Waals surface area contributed by atoms with Gasteiger partial charge in [-0.25, -0.2) is 4.52 Å². The van der Waals surface area contributed by atoms with Crippen LogP contribution in [0.3, 0.4) is 0 Å². The number of nitrogens with one attached hydrogen (secondary N) is 2. The maximum Gasteiger partial charge on any atom is 0.251 e. The van der Waals surface area contributed by atoms with Crippen molar-refractivity contribution in [2.75, 3.05) is 50.0 Å². The summed E-state index contributed by atoms with van der Waals surface area (Å²) in [5.41, 5.74) is 3.18. The number of rotatable bonds is 7. The zero-order valence-electron chi connectivity index (χ0n) is 23.3. The van der Waals surface area contributed by atoms with E-state index in [4.69, 9.17) is 16.6 Å². The molecule has 2 aromatic carbocycles. The lowest BCUT2D eigenvalue weighted by molar-refractivity contribution is 0.0118. The summed E-state index contributed by atoms with van der Waals surface area (Å²) in [7, 11) is 2.13. The van der Waals surface area contributed by atoms with Crippen molar-refractivity contribution in [2.45, 2.75) is 31.3 Å². The topological polar surface area (TPSA) is 98.0 Å². The van der Waals surface area contributed by atoms with Gasteiger partial charge in [0.25, 0.3) is 5.91 Å². The van der Waals surface area contributed by atoms with E-state index >= 15 is 0 Å². The summed E-state index contributed by atoms with van der Waals surface area (Å²) in [6, 6.07) is 18.9. The number of anilines is 3. The minimum Gasteiger partial charge on any atom is -0.385 e. The van der Waals surface area contributed by atoms with Crippen molar-refractivity contribution in [1.29, 1.82) is 0 Å². The number of hydrogen-bond acceptors (Lipinski definition) is 7. The molecule has 1 atom stereocenters. The molecule has 4 aromatic rings. The van der Waals surface area contributed by atoms with Crippen molar-refractivity contribution >= 4 is 40.5 Å². The van der Waals surface area contributed by atoms with Gasteiger partial charge in [-0.2, -0.15) is 4.98 Å². The number of benzene rings is 2. The molecule has 3 N–H and O–H groups in total. The van der Waals surface area contributed by atoms with Gasteiger partial charge < -0.3 is 25.5 Å². The number of carbonyl (C=O) groups excluding carboxylic acids is 1. The number of piperidine rings is 2. The van der Waals surface area contributed by atoms with Crippen LogP contribution in [-0.4, -0.2) is 70.3 Å². The van der Waals surface area contributed by atoms with Gasteiger partial charge in [0.15, 0.2) is 5.65 Å². The molecular weight excluding hydrogens is 538 g/mol. The van der Waals surface area contributed by atoms with E-state index in [1.165, 1.54) is 6.42 Å². The number of fused-ring (bicyclic) bond motifs is 1. The van der Waals surface area contributed by atoms with Crippen LogP contribution in [-0.2, 0) is 5.60 Å². The van der Waals surface area contributed by atoms with E-state index in [0.717, 1.165) is 42.1 Å². The molecule has 4 heterocycles. The van der Waals surface area contributed by atoms with Crippen molar-refractivity contribution in [3.63, 3.8) is 0 Å². The SMILES string of the molecule is CN1CCCC(CNC(=O)c2ccc(Nc3nc4c(N5CCC(O)(c6ccc(Cl)cc6)CC5)cccn4n3)cc2)C1. The molecule has 0 saturated carbocycles. The quantitative estimate of drug-likeness (QED) is 0.295. The van der Waals surface area contributed by atoms with E-state index in [1.807, 2.05) is 66.9 Å². The molecule has 2 aromatic heterocycles. The van der Waals surface area contributed by atoms with Crippen LogP contribution >= 0.6 is 11.6 Å². The highest BCUT2D eigenvalue weighted by molar-refractivity contribution is 6.30. The van der Waals surface area contributed by atoms with Crippen molar-refractivity contribution in [3.05, 3.63) is 83.0 Å². The summed E-state index contributed by atoms with van der Waals surface area (Å²) < 4.78 is 1.77. The normalized spacial score (nSPS) is 19.3. The molecule has 41 heavy (non-hydrogen) atoms. The lowest BCUT2D eigenvalue weighted by Gasteiger charge is -2.39. The van der Waals surface area contributed by atoms with Crippen LogP contribution in [0, 0.1) is 5.92 Å². The van der Waals surface area contributed by atoms with E-state index in [-0.39, 0.29) is 5.91 Å². The standard InChI is InChI=1S/C31H36ClN7O2/c1-37-16-2-4-22(21-37)20-33-29(40)23-6-12-26(13-7-23)34-30-35-28-27(5-3-17-39(28)36-30)38-18-14-31(41,15-19-38)24-8-10-25(32)11-9-24/h3,5-13,17,22,41H,2,4,14-16,18-21H2,1H3,(H,33,40)(H,34,36). The third-order valence-electron chi connectivity index (χ3n) is 8.33. The van der Waals surface area contributed by atoms with Gasteiger partial charge in [-0.05, 0) is 99.3 Å². The molecule has 1 amide bonds. The van der Waals surface area contributed by atoms with Crippen molar-refractivity contribution in [1.82, 2.24) is 24.8 Å². The number of nitrogens with zero attached hydrogens (tertiary/aromatic N) is 5. The fraction of sp³-hybridized carbons (Fsp3) is 0.387. The Kier molecular flexibility index (Phi) is 7.84. The number of likely N-dealkylation sites (tertiary alicyclic amines) is 1. The first-order valence-electron chi connectivity index (χ1n) is 14.3. The molecule has 214 valence electrons. The first-order valence-corrected chi connectivity index (χ1v) is 14.7. The Morgan fingerprint density at radius 2 is 1.83 bits per heavy atom. The Morgan fingerprint density at radius 1 is 1.07 bits per heavy atom. The van der Waals surface area contributed by atoms with E-state index in [9.17, 15) is 9.90 Å². The number of aliphatic hydroxyl groups is 1. The Bertz CT molecular complexity index is 1500. The molecule has 0 radical (unpaired) electrons. The summed E-state index contributed by atoms with van der Waals surface area (Å²) in [6.45, 7) is 4.24. The van der Waals surface area contributed by atoms with Crippen LogP contribution in [0.1, 0.15) is 41.6 Å². The minimum atomic E-state index is -0.873. The van der Waals surface area contributed by atoms with Gasteiger partial charge >= 0.3 is 0 Å². The monoisotopic (exact) mass is 573 g/mol. The predicted molar refractivity (Wildman–Crippen MR) is 162 cm³/mol. The van der Waals surface area contributed by atoms with Crippen molar-refractivity contribution in [2.24, 2.45) is 5.92 Å². The fourth-order valence-corrected chi connectivity index (χ4v) is 6.10. The van der Waals surface area contributed by atoms with Gasteiger partial charge in [0.1, 0.15) is 0 Å². The van der Waals surface area contributed by atoms with E-state index in [1.54, 1.807) is 4.52 Å². The number of carbonyl (C=O) groups is 1. The highest BCUT2D eigenvalue weighted by Gasteiger charge is 2.34. The van der Waals surface area contributed by atoms with Gasteiger partial charge in [-0.3, -0.25) is 4.79 Å². The Balaban J connectivity index is 1.09. The number of hydrogen-bond donors (Lipinski definition) is 3. The predicted octanol–water partition coefficient (Wildman–Crippen LogP) is 4.69. The van der Waals surface area contributed by atoms with Gasteiger partial charge in [0, 0.05) is 48.6 Å². The first-order chi connectivity index (χ1) is 19.9. The van der Waals surface area contributed by atoms with Crippen LogP contribution in [0.5, 0.6) is 0 Å². The average molecular weight is 574 g/mol. The van der Waals surface area contributed by atoms with E-state index < -0.39 is 5.60 Å². The van der Waals surface area contributed by atoms with Crippen LogP contribution in [0.2, 0.25) is 5.02 Å². The number of aromatic nitrogens is 3. The van der Waals surface area contributed by atoms with Crippen LogP contribution in [0.4, 0.5) is 17.3 Å². The molecule has 0 bridgehead atoms. The third-order valence-corrected chi connectivity index (χ3v) is 8.58. The molecule has 9 nitrogen and oxygen atoms in total. The highest BCUT2D eigenvalue weighted by Crippen LogP contribution is 2.36. The van der Waals surface area contributed by atoms with Crippen molar-refractivity contribution < 1.29 is 9.90 Å². The maximum absolute atomic E-state index is 12.7. The van der Waals surface area contributed by atoms with E-state index in [0.29, 0.717) is 54.9 Å². The maximum atomic E-state index is 12.7. The first kappa shape index (κ1) is 27.5. The number of pyridine rings is 1. The van der Waals surface area contributed by atoms with Crippen LogP contribution < -0.4 is 15.5 Å². The Labute approximate surface area is 245 Å². The van der Waals surface area contributed by atoms with Crippen LogP contribution in [0.25, 0.3) is 5.65 Å². The van der Waals surface area contributed by atoms with E-state index in [2.05, 4.69) is 32.6 Å². The second-order valence-electron chi connectivity index (χ2n) is 11.3. The van der Waals surface area contributed by atoms with Gasteiger partial charge in [-0.1, -0.05) is 23.7 Å². The average Bonchev–Trinajstić information content (AvgIpc) is 3.40. The number of amides is 1. The fourth-order valence-electron chi connectivity index (χ4n) is 5.97. The largest absolute Gasteiger partial charge is 0.385 e. The molecule has 2 saturated heterocycles. The summed E-state index contributed by atoms with van der Waals surface area (Å²) in [4.78, 5) is 22.0. The van der Waals surface area contributed by atoms with Crippen LogP contribution in [0.15, 0.2) is 66.9 Å². The zero-order chi connectivity index (χ0) is 28.4. The molecule has 10 heteroatoms. The summed E-state index contributed by atoms with van der Waals surface area (Å²) >= 11 is 6.04. The summed E-state index contributed by atoms with van der Waals surface area (Å²) in [5, 5.41) is 22.9. The smallest absolute Gasteiger partial charge is 0.251 e. The molecule has 2 aliphatic rings. The third kappa shape index (κ3) is 6.17. The number of halogens is 1. The molecular formula is C31H36ClN7O2. The molecule has 6 rings (SSSR count). The summed E-state index contributed by atoms with van der Waals surface area (Å²) in [5.74, 6) is 0.930. The van der Waals surface area contributed by atoms with Gasteiger partial charge in [0.05, 0.1) is 11.3 Å². The summed E-state index contributed by atoms with van der Waals surface area (Å²) in [6.07, 6.45) is 5.42. The molecule has 0 aliphatic carbocycles. The van der Waals surface area contributed by atoms with Crippen molar-refractivity contribution in [3.8, 4) is 0 Å². The molecule has 1 unspecified atom stereocenters. The minimum absolute atomic E-state index is 0.0511.